The number of furan rings is 1. The van der Waals surface area contributed by atoms with Crippen LogP contribution < -0.4 is 10.5 Å². The highest BCUT2D eigenvalue weighted by atomic mass is 16.4. The minimum Gasteiger partial charge on any atom is -0.454 e. The molecule has 0 saturated carbocycles. The first kappa shape index (κ1) is 17.7. The fraction of sp³-hybridized carbons (Fsp3) is 0.238. The molecule has 0 N–H and O–H groups in total. The van der Waals surface area contributed by atoms with E-state index in [1.165, 1.54) is 10.6 Å². The molecule has 3 rings (SSSR count). The summed E-state index contributed by atoms with van der Waals surface area (Å²) < 4.78 is 7.26. The zero-order chi connectivity index (χ0) is 18.7. The van der Waals surface area contributed by atoms with Crippen LogP contribution in [0.2, 0.25) is 0 Å². The molecule has 2 heterocycles. The zero-order valence-electron chi connectivity index (χ0n) is 15.2. The van der Waals surface area contributed by atoms with Gasteiger partial charge in [0, 0.05) is 24.5 Å². The molecule has 0 radical (unpaired) electrons. The van der Waals surface area contributed by atoms with Crippen molar-refractivity contribution >= 4 is 11.6 Å². The van der Waals surface area contributed by atoms with Gasteiger partial charge >= 0.3 is 0 Å². The Balaban J connectivity index is 1.85. The minimum absolute atomic E-state index is 0.109. The van der Waals surface area contributed by atoms with E-state index in [-0.39, 0.29) is 17.2 Å². The monoisotopic (exact) mass is 350 g/mol. The number of anilines is 1. The van der Waals surface area contributed by atoms with Crippen molar-refractivity contribution < 1.29 is 9.21 Å². The van der Waals surface area contributed by atoms with Crippen molar-refractivity contribution in [3.05, 3.63) is 87.7 Å². The number of carbonyl (C=O) groups is 1. The first-order valence-electron chi connectivity index (χ1n) is 8.63. The van der Waals surface area contributed by atoms with Gasteiger partial charge in [-0.25, -0.2) is 0 Å². The van der Waals surface area contributed by atoms with Crippen LogP contribution in [0.1, 0.15) is 34.4 Å². The highest BCUT2D eigenvalue weighted by Gasteiger charge is 2.21. The van der Waals surface area contributed by atoms with E-state index in [2.05, 4.69) is 0 Å². The van der Waals surface area contributed by atoms with E-state index in [4.69, 9.17) is 4.42 Å². The molecule has 5 heteroatoms. The lowest BCUT2D eigenvalue weighted by molar-refractivity contribution is 0.0959. The third-order valence-corrected chi connectivity index (χ3v) is 4.31. The van der Waals surface area contributed by atoms with Crippen molar-refractivity contribution in [1.82, 2.24) is 4.57 Å². The van der Waals surface area contributed by atoms with E-state index in [0.29, 0.717) is 18.8 Å². The molecule has 0 aliphatic rings. The van der Waals surface area contributed by atoms with Crippen molar-refractivity contribution in [1.29, 1.82) is 0 Å². The van der Waals surface area contributed by atoms with Gasteiger partial charge in [0.05, 0.1) is 6.54 Å². The molecule has 3 aromatic rings. The number of aryl methyl sites for hydroxylation is 2. The molecule has 0 unspecified atom stereocenters. The van der Waals surface area contributed by atoms with Crippen molar-refractivity contribution in [2.45, 2.75) is 27.3 Å². The molecule has 26 heavy (non-hydrogen) atoms. The highest BCUT2D eigenvalue weighted by Crippen LogP contribution is 2.24. The summed E-state index contributed by atoms with van der Waals surface area (Å²) in [5, 5.41) is 0. The first-order valence-corrected chi connectivity index (χ1v) is 8.63. The average Bonchev–Trinajstić information content (AvgIpc) is 3.09. The van der Waals surface area contributed by atoms with E-state index in [1.807, 2.05) is 39.0 Å². The van der Waals surface area contributed by atoms with Crippen LogP contribution in [-0.2, 0) is 6.54 Å². The molecule has 2 aromatic heterocycles. The first-order chi connectivity index (χ1) is 12.5. The Bertz CT molecular complexity index is 985. The van der Waals surface area contributed by atoms with Gasteiger partial charge in [-0.15, -0.1) is 0 Å². The van der Waals surface area contributed by atoms with Gasteiger partial charge in [0.2, 0.25) is 0 Å². The van der Waals surface area contributed by atoms with Gasteiger partial charge in [-0.2, -0.15) is 0 Å². The lowest BCUT2D eigenvalue weighted by atomic mass is 10.1. The van der Waals surface area contributed by atoms with Crippen LogP contribution in [0.15, 0.2) is 63.9 Å². The zero-order valence-corrected chi connectivity index (χ0v) is 15.2. The van der Waals surface area contributed by atoms with E-state index < -0.39 is 0 Å². The number of nitrogens with zero attached hydrogens (tertiary/aromatic N) is 2. The molecular formula is C21H22N2O3. The maximum atomic E-state index is 12.9. The van der Waals surface area contributed by atoms with Crippen LogP contribution >= 0.6 is 0 Å². The standard InChI is InChI=1S/C21H22N2O3/c1-4-23(18-13-15(2)8-9-16(18)3)21(25)19-11-10-17(26-19)14-22-12-6-5-7-20(22)24/h5-13H,4,14H2,1-3H3. The summed E-state index contributed by atoms with van der Waals surface area (Å²) in [5.41, 5.74) is 2.91. The third-order valence-electron chi connectivity index (χ3n) is 4.31. The highest BCUT2D eigenvalue weighted by molar-refractivity contribution is 6.04. The van der Waals surface area contributed by atoms with Crippen LogP contribution in [0.3, 0.4) is 0 Å². The predicted molar refractivity (Wildman–Crippen MR) is 102 cm³/mol. The number of rotatable bonds is 5. The van der Waals surface area contributed by atoms with Gasteiger partial charge in [-0.1, -0.05) is 18.2 Å². The van der Waals surface area contributed by atoms with E-state index >= 15 is 0 Å². The smallest absolute Gasteiger partial charge is 0.293 e. The van der Waals surface area contributed by atoms with Crippen LogP contribution in [-0.4, -0.2) is 17.0 Å². The summed E-state index contributed by atoms with van der Waals surface area (Å²) in [5.74, 6) is 0.651. The second kappa shape index (κ2) is 7.44. The van der Waals surface area contributed by atoms with Crippen molar-refractivity contribution in [2.75, 3.05) is 11.4 Å². The second-order valence-corrected chi connectivity index (χ2v) is 6.27. The summed E-state index contributed by atoms with van der Waals surface area (Å²) in [7, 11) is 0. The molecule has 0 spiro atoms. The number of pyridine rings is 1. The molecule has 0 fully saturated rings. The molecule has 0 aliphatic carbocycles. The number of hydrogen-bond acceptors (Lipinski definition) is 3. The normalized spacial score (nSPS) is 10.7. The lowest BCUT2D eigenvalue weighted by Crippen LogP contribution is -2.31. The Labute approximate surface area is 152 Å². The molecular weight excluding hydrogens is 328 g/mol. The van der Waals surface area contributed by atoms with Gasteiger partial charge in [0.15, 0.2) is 5.76 Å². The summed E-state index contributed by atoms with van der Waals surface area (Å²) in [6, 6.07) is 14.4. The number of benzene rings is 1. The van der Waals surface area contributed by atoms with E-state index in [9.17, 15) is 9.59 Å². The molecule has 0 aliphatic heterocycles. The number of carbonyl (C=O) groups excluding carboxylic acids is 1. The fourth-order valence-corrected chi connectivity index (χ4v) is 2.90. The Kier molecular flexibility index (Phi) is 5.07. The molecule has 134 valence electrons. The SMILES string of the molecule is CCN(C(=O)c1ccc(Cn2ccccc2=O)o1)c1cc(C)ccc1C. The second-order valence-electron chi connectivity index (χ2n) is 6.27. The average molecular weight is 350 g/mol. The van der Waals surface area contributed by atoms with Gasteiger partial charge < -0.3 is 13.9 Å². The van der Waals surface area contributed by atoms with E-state index in [1.54, 1.807) is 35.4 Å². The molecule has 1 aromatic carbocycles. The van der Waals surface area contributed by atoms with Crippen molar-refractivity contribution in [3.8, 4) is 0 Å². The van der Waals surface area contributed by atoms with Crippen LogP contribution in [0.25, 0.3) is 0 Å². The Morgan fingerprint density at radius 3 is 2.65 bits per heavy atom. The number of amides is 1. The molecule has 0 atom stereocenters. The van der Waals surface area contributed by atoms with Crippen LogP contribution in [0.4, 0.5) is 5.69 Å². The van der Waals surface area contributed by atoms with Gasteiger partial charge in [0.25, 0.3) is 11.5 Å². The van der Waals surface area contributed by atoms with Crippen molar-refractivity contribution in [3.63, 3.8) is 0 Å². The minimum atomic E-state index is -0.187. The lowest BCUT2D eigenvalue weighted by Gasteiger charge is -2.22. The molecule has 5 nitrogen and oxygen atoms in total. The van der Waals surface area contributed by atoms with Crippen molar-refractivity contribution in [2.24, 2.45) is 0 Å². The van der Waals surface area contributed by atoms with Crippen LogP contribution in [0, 0.1) is 13.8 Å². The maximum absolute atomic E-state index is 12.9. The van der Waals surface area contributed by atoms with E-state index in [0.717, 1.165) is 16.8 Å². The Morgan fingerprint density at radius 1 is 1.12 bits per heavy atom. The largest absolute Gasteiger partial charge is 0.454 e. The summed E-state index contributed by atoms with van der Waals surface area (Å²) in [4.78, 5) is 26.5. The number of hydrogen-bond donors (Lipinski definition) is 0. The van der Waals surface area contributed by atoms with Crippen LogP contribution in [0.5, 0.6) is 0 Å². The summed E-state index contributed by atoms with van der Waals surface area (Å²) in [6.45, 7) is 6.76. The molecule has 1 amide bonds. The summed E-state index contributed by atoms with van der Waals surface area (Å²) in [6.07, 6.45) is 1.70. The number of aromatic nitrogens is 1. The quantitative estimate of drug-likeness (QED) is 0.704. The van der Waals surface area contributed by atoms with Gasteiger partial charge in [-0.3, -0.25) is 9.59 Å². The Morgan fingerprint density at radius 2 is 1.92 bits per heavy atom. The fourth-order valence-electron chi connectivity index (χ4n) is 2.90. The topological polar surface area (TPSA) is 55.5 Å². The van der Waals surface area contributed by atoms with Gasteiger partial charge in [-0.05, 0) is 56.2 Å². The molecule has 0 saturated heterocycles. The maximum Gasteiger partial charge on any atom is 0.293 e. The molecule has 0 bridgehead atoms. The van der Waals surface area contributed by atoms with Gasteiger partial charge in [0.1, 0.15) is 5.76 Å². The summed E-state index contributed by atoms with van der Waals surface area (Å²) >= 11 is 0. The predicted octanol–water partition coefficient (Wildman–Crippen LogP) is 3.77. The Hall–Kier alpha value is -3.08. The third kappa shape index (κ3) is 3.61.